The van der Waals surface area contributed by atoms with Gasteiger partial charge in [0.05, 0.1) is 6.04 Å². The van der Waals surface area contributed by atoms with Gasteiger partial charge in [0.1, 0.15) is 0 Å². The Morgan fingerprint density at radius 2 is 2.27 bits per heavy atom. The lowest BCUT2D eigenvalue weighted by Gasteiger charge is -2.32. The van der Waals surface area contributed by atoms with Gasteiger partial charge in [-0.25, -0.2) is 0 Å². The van der Waals surface area contributed by atoms with Crippen LogP contribution in [0, 0.1) is 6.92 Å². The first-order valence-electron chi connectivity index (χ1n) is 7.67. The molecule has 1 fully saturated rings. The zero-order valence-corrected chi connectivity index (χ0v) is 14.1. The van der Waals surface area contributed by atoms with Crippen LogP contribution in [0.3, 0.4) is 0 Å². The molecule has 3 rings (SSSR count). The second-order valence-corrected chi connectivity index (χ2v) is 6.84. The molecular formula is C16H22N4OS. The highest BCUT2D eigenvalue weighted by Gasteiger charge is 2.31. The number of carbonyl (C=O) groups is 1. The SMILES string of the molecule is Cc1ccsc1[C@@H](C)N[C@@H]1CCCN(c2ccn(C)n2)C1=O. The molecule has 22 heavy (non-hydrogen) atoms. The number of aromatic nitrogens is 2. The van der Waals surface area contributed by atoms with Crippen LogP contribution < -0.4 is 10.2 Å². The van der Waals surface area contributed by atoms with E-state index >= 15 is 0 Å². The summed E-state index contributed by atoms with van der Waals surface area (Å²) >= 11 is 1.74. The van der Waals surface area contributed by atoms with Crippen molar-refractivity contribution in [2.24, 2.45) is 7.05 Å². The number of hydrogen-bond donors (Lipinski definition) is 1. The fourth-order valence-electron chi connectivity index (χ4n) is 3.01. The van der Waals surface area contributed by atoms with Gasteiger partial charge in [0.25, 0.3) is 0 Å². The van der Waals surface area contributed by atoms with E-state index in [4.69, 9.17) is 0 Å². The largest absolute Gasteiger partial charge is 0.298 e. The summed E-state index contributed by atoms with van der Waals surface area (Å²) in [6, 6.07) is 4.08. The molecule has 0 aliphatic carbocycles. The average Bonchev–Trinajstić information content (AvgIpc) is 3.10. The first-order chi connectivity index (χ1) is 10.6. The summed E-state index contributed by atoms with van der Waals surface area (Å²) in [5, 5.41) is 9.96. The second-order valence-electron chi connectivity index (χ2n) is 5.89. The number of carbonyl (C=O) groups excluding carboxylic acids is 1. The normalized spacial score (nSPS) is 20.4. The van der Waals surface area contributed by atoms with Crippen molar-refractivity contribution in [3.8, 4) is 0 Å². The molecule has 1 saturated heterocycles. The van der Waals surface area contributed by atoms with Gasteiger partial charge in [-0.15, -0.1) is 11.3 Å². The molecule has 2 aromatic rings. The second kappa shape index (κ2) is 6.22. The molecule has 1 N–H and O–H groups in total. The van der Waals surface area contributed by atoms with E-state index in [0.717, 1.165) is 25.2 Å². The van der Waals surface area contributed by atoms with Crippen LogP contribution in [-0.4, -0.2) is 28.3 Å². The summed E-state index contributed by atoms with van der Waals surface area (Å²) in [5.41, 5.74) is 1.29. The van der Waals surface area contributed by atoms with Gasteiger partial charge >= 0.3 is 0 Å². The van der Waals surface area contributed by atoms with Crippen LogP contribution in [0.5, 0.6) is 0 Å². The summed E-state index contributed by atoms with van der Waals surface area (Å²) in [6.45, 7) is 5.00. The molecule has 1 aliphatic heterocycles. The Kier molecular flexibility index (Phi) is 4.31. The predicted octanol–water partition coefficient (Wildman–Crippen LogP) is 2.64. The molecule has 0 bridgehead atoms. The highest BCUT2D eigenvalue weighted by atomic mass is 32.1. The van der Waals surface area contributed by atoms with E-state index in [2.05, 4.69) is 35.7 Å². The minimum atomic E-state index is -0.132. The maximum atomic E-state index is 12.7. The Morgan fingerprint density at radius 1 is 1.45 bits per heavy atom. The molecule has 1 aliphatic rings. The van der Waals surface area contributed by atoms with Gasteiger partial charge in [0, 0.05) is 36.8 Å². The highest BCUT2D eigenvalue weighted by molar-refractivity contribution is 7.10. The molecule has 0 unspecified atom stereocenters. The van der Waals surface area contributed by atoms with E-state index in [0.29, 0.717) is 0 Å². The standard InChI is InChI=1S/C16H22N4OS/c1-11-7-10-22-15(11)12(2)17-13-5-4-8-20(16(13)21)14-6-9-19(3)18-14/h6-7,9-10,12-13,17H,4-5,8H2,1-3H3/t12-,13-/m1/s1. The van der Waals surface area contributed by atoms with Crippen LogP contribution in [-0.2, 0) is 11.8 Å². The molecule has 118 valence electrons. The van der Waals surface area contributed by atoms with Gasteiger partial charge in [-0.05, 0) is 43.7 Å². The van der Waals surface area contributed by atoms with Crippen LogP contribution in [0.1, 0.15) is 36.2 Å². The van der Waals surface area contributed by atoms with Crippen molar-refractivity contribution in [1.82, 2.24) is 15.1 Å². The van der Waals surface area contributed by atoms with Gasteiger partial charge in [0.15, 0.2) is 5.82 Å². The molecule has 0 spiro atoms. The third-order valence-corrected chi connectivity index (χ3v) is 5.36. The Hall–Kier alpha value is -1.66. The fourth-order valence-corrected chi connectivity index (χ4v) is 3.95. The number of piperidine rings is 1. The summed E-state index contributed by atoms with van der Waals surface area (Å²) < 4.78 is 1.73. The first-order valence-corrected chi connectivity index (χ1v) is 8.55. The van der Waals surface area contributed by atoms with Gasteiger partial charge < -0.3 is 0 Å². The Labute approximate surface area is 134 Å². The average molecular weight is 318 g/mol. The van der Waals surface area contributed by atoms with Crippen molar-refractivity contribution in [3.05, 3.63) is 34.2 Å². The van der Waals surface area contributed by atoms with Gasteiger partial charge in [-0.2, -0.15) is 5.10 Å². The molecule has 5 nitrogen and oxygen atoms in total. The molecule has 1 amide bonds. The number of nitrogens with zero attached hydrogens (tertiary/aromatic N) is 3. The topological polar surface area (TPSA) is 50.2 Å². The van der Waals surface area contributed by atoms with Crippen molar-refractivity contribution in [1.29, 1.82) is 0 Å². The fraction of sp³-hybridized carbons (Fsp3) is 0.500. The van der Waals surface area contributed by atoms with Crippen molar-refractivity contribution in [2.75, 3.05) is 11.4 Å². The summed E-state index contributed by atoms with van der Waals surface area (Å²) in [4.78, 5) is 15.9. The third-order valence-electron chi connectivity index (χ3n) is 4.16. The highest BCUT2D eigenvalue weighted by Crippen LogP contribution is 2.26. The lowest BCUT2D eigenvalue weighted by atomic mass is 10.0. The summed E-state index contributed by atoms with van der Waals surface area (Å²) in [7, 11) is 1.87. The monoisotopic (exact) mass is 318 g/mol. The van der Waals surface area contributed by atoms with Gasteiger partial charge in [-0.1, -0.05) is 0 Å². The number of aryl methyl sites for hydroxylation is 2. The van der Waals surface area contributed by atoms with E-state index in [-0.39, 0.29) is 18.0 Å². The van der Waals surface area contributed by atoms with Crippen LogP contribution >= 0.6 is 11.3 Å². The molecule has 6 heteroatoms. The van der Waals surface area contributed by atoms with Gasteiger partial charge in [-0.3, -0.25) is 19.7 Å². The van der Waals surface area contributed by atoms with Gasteiger partial charge in [0.2, 0.25) is 5.91 Å². The number of anilines is 1. The quantitative estimate of drug-likeness (QED) is 0.943. The molecule has 2 aromatic heterocycles. The van der Waals surface area contributed by atoms with Crippen LogP contribution in [0.15, 0.2) is 23.7 Å². The molecule has 0 saturated carbocycles. The van der Waals surface area contributed by atoms with Crippen LogP contribution in [0.4, 0.5) is 5.82 Å². The predicted molar refractivity (Wildman–Crippen MR) is 89.2 cm³/mol. The zero-order valence-electron chi connectivity index (χ0n) is 13.2. The van der Waals surface area contributed by atoms with Crippen molar-refractivity contribution in [3.63, 3.8) is 0 Å². The molecule has 0 radical (unpaired) electrons. The van der Waals surface area contributed by atoms with Crippen molar-refractivity contribution in [2.45, 2.75) is 38.8 Å². The zero-order chi connectivity index (χ0) is 15.7. The minimum Gasteiger partial charge on any atom is -0.298 e. The Bertz CT molecular complexity index is 663. The Balaban J connectivity index is 1.71. The van der Waals surface area contributed by atoms with Crippen LogP contribution in [0.2, 0.25) is 0 Å². The number of hydrogen-bond acceptors (Lipinski definition) is 4. The van der Waals surface area contributed by atoms with E-state index in [9.17, 15) is 4.79 Å². The molecule has 2 atom stereocenters. The maximum absolute atomic E-state index is 12.7. The Morgan fingerprint density at radius 3 is 2.91 bits per heavy atom. The number of rotatable bonds is 4. The lowest BCUT2D eigenvalue weighted by molar-refractivity contribution is -0.122. The summed E-state index contributed by atoms with van der Waals surface area (Å²) in [6.07, 6.45) is 3.75. The first kappa shape index (κ1) is 15.2. The number of thiophene rings is 1. The van der Waals surface area contributed by atoms with E-state index in [1.165, 1.54) is 10.4 Å². The molecule has 3 heterocycles. The smallest absolute Gasteiger partial charge is 0.245 e. The number of amides is 1. The molecular weight excluding hydrogens is 296 g/mol. The molecule has 0 aromatic carbocycles. The summed E-state index contributed by atoms with van der Waals surface area (Å²) in [5.74, 6) is 0.880. The third kappa shape index (κ3) is 2.94. The van der Waals surface area contributed by atoms with E-state index < -0.39 is 0 Å². The van der Waals surface area contributed by atoms with Crippen molar-refractivity contribution < 1.29 is 4.79 Å². The van der Waals surface area contributed by atoms with E-state index in [1.807, 2.05) is 19.3 Å². The van der Waals surface area contributed by atoms with Crippen LogP contribution in [0.25, 0.3) is 0 Å². The van der Waals surface area contributed by atoms with E-state index in [1.54, 1.807) is 20.9 Å². The maximum Gasteiger partial charge on any atom is 0.245 e. The lowest BCUT2D eigenvalue weighted by Crippen LogP contribution is -2.51. The van der Waals surface area contributed by atoms with Crippen molar-refractivity contribution >= 4 is 23.1 Å². The number of nitrogens with one attached hydrogen (secondary N) is 1. The minimum absolute atomic E-state index is 0.131.